The van der Waals surface area contributed by atoms with Crippen LogP contribution >= 0.6 is 22.6 Å². The lowest BCUT2D eigenvalue weighted by Gasteiger charge is -2.09. The van der Waals surface area contributed by atoms with Gasteiger partial charge in [-0.25, -0.2) is 0 Å². The Morgan fingerprint density at radius 1 is 1.11 bits per heavy atom. The van der Waals surface area contributed by atoms with Crippen molar-refractivity contribution < 1.29 is 4.79 Å². The zero-order valence-electron chi connectivity index (χ0n) is 16.1. The summed E-state index contributed by atoms with van der Waals surface area (Å²) in [5.74, 6) is -0.0263. The second-order valence-corrected chi connectivity index (χ2v) is 7.89. The summed E-state index contributed by atoms with van der Waals surface area (Å²) in [5, 5.41) is 12.0. The Morgan fingerprint density at radius 3 is 2.52 bits per heavy atom. The van der Waals surface area contributed by atoms with Crippen molar-refractivity contribution in [3.05, 3.63) is 62.2 Å². The number of aryl methyl sites for hydroxylation is 3. The molecule has 6 nitrogen and oxygen atoms in total. The van der Waals surface area contributed by atoms with E-state index in [2.05, 4.69) is 57.2 Å². The number of carbonyl (C=O) groups excluding carboxylic acids is 1. The molecule has 0 radical (unpaired) electrons. The van der Waals surface area contributed by atoms with Gasteiger partial charge in [0.05, 0.1) is 39.9 Å². The number of anilines is 1. The first kappa shape index (κ1) is 19.6. The van der Waals surface area contributed by atoms with Crippen molar-refractivity contribution in [3.63, 3.8) is 0 Å². The van der Waals surface area contributed by atoms with E-state index in [4.69, 9.17) is 0 Å². The molecule has 3 aromatic rings. The molecule has 0 bridgehead atoms. The van der Waals surface area contributed by atoms with Crippen LogP contribution < -0.4 is 5.32 Å². The molecule has 0 fully saturated rings. The Hall–Kier alpha value is -2.16. The van der Waals surface area contributed by atoms with Gasteiger partial charge in [-0.2, -0.15) is 10.2 Å². The van der Waals surface area contributed by atoms with E-state index in [0.29, 0.717) is 19.5 Å². The van der Waals surface area contributed by atoms with Gasteiger partial charge in [0.15, 0.2) is 0 Å². The Morgan fingerprint density at radius 2 is 1.85 bits per heavy atom. The van der Waals surface area contributed by atoms with E-state index in [9.17, 15) is 4.79 Å². The van der Waals surface area contributed by atoms with Gasteiger partial charge < -0.3 is 5.32 Å². The highest BCUT2D eigenvalue weighted by atomic mass is 127. The summed E-state index contributed by atoms with van der Waals surface area (Å²) in [6, 6.07) is 8.28. The van der Waals surface area contributed by atoms with Crippen LogP contribution in [0.4, 0.5) is 5.69 Å². The first-order chi connectivity index (χ1) is 12.9. The lowest BCUT2D eigenvalue weighted by atomic mass is 10.1. The summed E-state index contributed by atoms with van der Waals surface area (Å²) in [4.78, 5) is 12.4. The highest BCUT2D eigenvalue weighted by Crippen LogP contribution is 2.21. The van der Waals surface area contributed by atoms with Crippen LogP contribution in [0.1, 0.15) is 34.6 Å². The van der Waals surface area contributed by atoms with Gasteiger partial charge in [0.1, 0.15) is 0 Å². The Labute approximate surface area is 173 Å². The van der Waals surface area contributed by atoms with Gasteiger partial charge in [-0.05, 0) is 61.4 Å². The van der Waals surface area contributed by atoms with Gasteiger partial charge in [0.2, 0.25) is 5.91 Å². The SMILES string of the molecule is Cc1ccccc1Cn1nc(C)c(NC(=O)CCn2ncc(I)c2C)c1C. The topological polar surface area (TPSA) is 64.7 Å². The van der Waals surface area contributed by atoms with Crippen molar-refractivity contribution in [2.45, 2.75) is 47.2 Å². The number of carbonyl (C=O) groups is 1. The number of nitrogens with one attached hydrogen (secondary N) is 1. The van der Waals surface area contributed by atoms with E-state index < -0.39 is 0 Å². The fourth-order valence-electron chi connectivity index (χ4n) is 3.04. The number of amides is 1. The standard InChI is InChI=1S/C20H24IN5O/c1-13-7-5-6-8-17(13)12-26-16(4)20(14(2)24-26)23-19(27)9-10-25-15(3)18(21)11-22-25/h5-8,11H,9-10,12H2,1-4H3,(H,23,27). The molecule has 1 amide bonds. The zero-order valence-corrected chi connectivity index (χ0v) is 18.2. The van der Waals surface area contributed by atoms with Crippen LogP contribution in [-0.4, -0.2) is 25.5 Å². The van der Waals surface area contributed by atoms with Crippen molar-refractivity contribution in [3.8, 4) is 0 Å². The normalized spacial score (nSPS) is 11.0. The molecule has 0 aliphatic rings. The highest BCUT2D eigenvalue weighted by molar-refractivity contribution is 14.1. The summed E-state index contributed by atoms with van der Waals surface area (Å²) in [5.41, 5.74) is 6.15. The lowest BCUT2D eigenvalue weighted by Crippen LogP contribution is -2.16. The van der Waals surface area contributed by atoms with E-state index in [1.54, 1.807) is 0 Å². The number of rotatable bonds is 6. The average molecular weight is 477 g/mol. The largest absolute Gasteiger partial charge is 0.323 e. The fraction of sp³-hybridized carbons (Fsp3) is 0.350. The molecular weight excluding hydrogens is 453 g/mol. The van der Waals surface area contributed by atoms with Crippen LogP contribution in [0.5, 0.6) is 0 Å². The first-order valence-electron chi connectivity index (χ1n) is 8.93. The van der Waals surface area contributed by atoms with Crippen LogP contribution in [-0.2, 0) is 17.9 Å². The third kappa shape index (κ3) is 4.40. The van der Waals surface area contributed by atoms with E-state index in [1.807, 2.05) is 48.5 Å². The number of hydrogen-bond donors (Lipinski definition) is 1. The fourth-order valence-corrected chi connectivity index (χ4v) is 3.44. The second-order valence-electron chi connectivity index (χ2n) is 6.73. The number of benzene rings is 1. The Kier molecular flexibility index (Phi) is 5.98. The number of nitrogens with zero attached hydrogens (tertiary/aromatic N) is 4. The van der Waals surface area contributed by atoms with Crippen LogP contribution in [0.2, 0.25) is 0 Å². The smallest absolute Gasteiger partial charge is 0.226 e. The predicted octanol–water partition coefficient (Wildman–Crippen LogP) is 3.99. The van der Waals surface area contributed by atoms with Crippen molar-refractivity contribution in [1.29, 1.82) is 0 Å². The minimum atomic E-state index is -0.0263. The molecule has 0 saturated heterocycles. The molecule has 0 unspecified atom stereocenters. The van der Waals surface area contributed by atoms with Crippen molar-refractivity contribution in [1.82, 2.24) is 19.6 Å². The molecule has 27 heavy (non-hydrogen) atoms. The minimum Gasteiger partial charge on any atom is -0.323 e. The summed E-state index contributed by atoms with van der Waals surface area (Å²) >= 11 is 2.25. The quantitative estimate of drug-likeness (QED) is 0.546. The Balaban J connectivity index is 1.68. The van der Waals surface area contributed by atoms with E-state index in [-0.39, 0.29) is 5.91 Å². The molecule has 2 heterocycles. The summed E-state index contributed by atoms with van der Waals surface area (Å²) < 4.78 is 4.92. The highest BCUT2D eigenvalue weighted by Gasteiger charge is 2.15. The minimum absolute atomic E-state index is 0.0263. The zero-order chi connectivity index (χ0) is 19.6. The molecule has 0 saturated carbocycles. The van der Waals surface area contributed by atoms with Gasteiger partial charge in [-0.15, -0.1) is 0 Å². The molecule has 0 atom stereocenters. The summed E-state index contributed by atoms with van der Waals surface area (Å²) in [6.07, 6.45) is 2.19. The van der Waals surface area contributed by atoms with Crippen LogP contribution in [0.15, 0.2) is 30.5 Å². The van der Waals surface area contributed by atoms with Gasteiger partial charge in [-0.1, -0.05) is 24.3 Å². The number of aromatic nitrogens is 4. The third-order valence-corrected chi connectivity index (χ3v) is 5.88. The molecule has 7 heteroatoms. The number of halogens is 1. The first-order valence-corrected chi connectivity index (χ1v) is 10.0. The van der Waals surface area contributed by atoms with Gasteiger partial charge in [0.25, 0.3) is 0 Å². The molecule has 3 rings (SSSR count). The maximum atomic E-state index is 12.4. The molecular formula is C20H24IN5O. The predicted molar refractivity (Wildman–Crippen MR) is 115 cm³/mol. The lowest BCUT2D eigenvalue weighted by molar-refractivity contribution is -0.116. The Bertz CT molecular complexity index is 973. The van der Waals surface area contributed by atoms with Crippen LogP contribution in [0, 0.1) is 31.3 Å². The average Bonchev–Trinajstić information content (AvgIpc) is 3.09. The molecule has 0 aliphatic carbocycles. The van der Waals surface area contributed by atoms with Crippen LogP contribution in [0.3, 0.4) is 0 Å². The molecule has 1 N–H and O–H groups in total. The monoisotopic (exact) mass is 477 g/mol. The van der Waals surface area contributed by atoms with Gasteiger partial charge in [-0.3, -0.25) is 14.2 Å². The molecule has 142 valence electrons. The van der Waals surface area contributed by atoms with E-state index >= 15 is 0 Å². The van der Waals surface area contributed by atoms with Gasteiger partial charge >= 0.3 is 0 Å². The number of hydrogen-bond acceptors (Lipinski definition) is 3. The van der Waals surface area contributed by atoms with Crippen molar-refractivity contribution in [2.24, 2.45) is 0 Å². The maximum absolute atomic E-state index is 12.4. The van der Waals surface area contributed by atoms with Crippen molar-refractivity contribution in [2.75, 3.05) is 5.32 Å². The van der Waals surface area contributed by atoms with E-state index in [1.165, 1.54) is 11.1 Å². The molecule has 1 aromatic carbocycles. The summed E-state index contributed by atoms with van der Waals surface area (Å²) in [7, 11) is 0. The van der Waals surface area contributed by atoms with Gasteiger partial charge in [0, 0.05) is 12.1 Å². The van der Waals surface area contributed by atoms with Crippen LogP contribution in [0.25, 0.3) is 0 Å². The maximum Gasteiger partial charge on any atom is 0.226 e. The molecule has 2 aromatic heterocycles. The summed E-state index contributed by atoms with van der Waals surface area (Å²) in [6.45, 7) is 9.29. The third-order valence-electron chi connectivity index (χ3n) is 4.82. The molecule has 0 aliphatic heterocycles. The van der Waals surface area contributed by atoms with E-state index in [0.717, 1.165) is 26.3 Å². The molecule has 0 spiro atoms. The van der Waals surface area contributed by atoms with Crippen molar-refractivity contribution >= 4 is 34.2 Å². The second kappa shape index (κ2) is 8.24.